The van der Waals surface area contributed by atoms with Gasteiger partial charge in [-0.05, 0) is 56.1 Å². The molecule has 102 valence electrons. The summed E-state index contributed by atoms with van der Waals surface area (Å²) < 4.78 is 0. The summed E-state index contributed by atoms with van der Waals surface area (Å²) >= 11 is 7.98. The van der Waals surface area contributed by atoms with Crippen LogP contribution in [0.1, 0.15) is 40.3 Å². The molecule has 0 spiro atoms. The molecule has 0 radical (unpaired) electrons. The second-order valence-corrected chi connectivity index (χ2v) is 6.57. The van der Waals surface area contributed by atoms with Crippen LogP contribution in [0.3, 0.4) is 0 Å². The lowest BCUT2D eigenvalue weighted by Gasteiger charge is -2.18. The van der Waals surface area contributed by atoms with Gasteiger partial charge in [-0.1, -0.05) is 30.7 Å². The monoisotopic (exact) mass is 293 g/mol. The van der Waals surface area contributed by atoms with E-state index in [2.05, 4.69) is 50.4 Å². The molecule has 3 heteroatoms. The van der Waals surface area contributed by atoms with Gasteiger partial charge in [-0.2, -0.15) is 0 Å². The average Bonchev–Trinajstić information content (AvgIpc) is 2.80. The van der Waals surface area contributed by atoms with Crippen molar-refractivity contribution in [3.8, 4) is 0 Å². The van der Waals surface area contributed by atoms with Crippen LogP contribution in [0.25, 0.3) is 0 Å². The molecule has 1 aromatic heterocycles. The zero-order valence-electron chi connectivity index (χ0n) is 11.7. The van der Waals surface area contributed by atoms with Gasteiger partial charge in [-0.15, -0.1) is 11.3 Å². The maximum atomic E-state index is 6.12. The molecule has 1 heterocycles. The number of aryl methyl sites for hydroxylation is 2. The minimum absolute atomic E-state index is 0.273. The molecule has 1 N–H and O–H groups in total. The van der Waals surface area contributed by atoms with Gasteiger partial charge < -0.3 is 5.32 Å². The van der Waals surface area contributed by atoms with E-state index in [4.69, 9.17) is 11.6 Å². The fourth-order valence-electron chi connectivity index (χ4n) is 2.13. The Morgan fingerprint density at radius 3 is 2.58 bits per heavy atom. The van der Waals surface area contributed by atoms with Gasteiger partial charge >= 0.3 is 0 Å². The lowest BCUT2D eigenvalue weighted by molar-refractivity contribution is 0.605. The van der Waals surface area contributed by atoms with E-state index >= 15 is 0 Å². The first-order chi connectivity index (χ1) is 9.11. The largest absolute Gasteiger partial charge is 0.306 e. The molecule has 1 unspecified atom stereocenters. The van der Waals surface area contributed by atoms with Crippen LogP contribution in [0.4, 0.5) is 0 Å². The molecule has 0 fully saturated rings. The number of rotatable bonds is 5. The summed E-state index contributed by atoms with van der Waals surface area (Å²) in [6.45, 7) is 7.42. The van der Waals surface area contributed by atoms with Crippen molar-refractivity contribution in [1.29, 1.82) is 0 Å². The molecule has 1 atom stereocenters. The van der Waals surface area contributed by atoms with Gasteiger partial charge in [0.1, 0.15) is 0 Å². The van der Waals surface area contributed by atoms with E-state index < -0.39 is 0 Å². The Morgan fingerprint density at radius 2 is 2.00 bits per heavy atom. The van der Waals surface area contributed by atoms with Crippen molar-refractivity contribution >= 4 is 22.9 Å². The quantitative estimate of drug-likeness (QED) is 0.808. The zero-order valence-corrected chi connectivity index (χ0v) is 13.2. The molecule has 0 saturated carbocycles. The van der Waals surface area contributed by atoms with Crippen LogP contribution in [0, 0.1) is 13.8 Å². The highest BCUT2D eigenvalue weighted by atomic mass is 35.5. The highest BCUT2D eigenvalue weighted by Gasteiger charge is 2.15. The van der Waals surface area contributed by atoms with Gasteiger partial charge in [-0.25, -0.2) is 0 Å². The minimum atomic E-state index is 0.273. The van der Waals surface area contributed by atoms with E-state index in [0.29, 0.717) is 0 Å². The number of halogens is 1. The SMILES string of the molecule is CCCNC(c1ccc(Cl)c(C)c1)c1ccc(C)s1. The van der Waals surface area contributed by atoms with E-state index in [1.165, 1.54) is 15.3 Å². The highest BCUT2D eigenvalue weighted by Crippen LogP contribution is 2.30. The Kier molecular flexibility index (Phi) is 5.03. The zero-order chi connectivity index (χ0) is 13.8. The Balaban J connectivity index is 2.33. The smallest absolute Gasteiger partial charge is 0.0671 e. The summed E-state index contributed by atoms with van der Waals surface area (Å²) in [5, 5.41) is 4.46. The summed E-state index contributed by atoms with van der Waals surface area (Å²) in [5.74, 6) is 0. The van der Waals surface area contributed by atoms with Crippen LogP contribution in [-0.2, 0) is 0 Å². The molecule has 19 heavy (non-hydrogen) atoms. The van der Waals surface area contributed by atoms with Gasteiger partial charge in [-0.3, -0.25) is 0 Å². The predicted octanol–water partition coefficient (Wildman–Crippen LogP) is 5.11. The molecule has 2 rings (SSSR count). The lowest BCUT2D eigenvalue weighted by Crippen LogP contribution is -2.22. The van der Waals surface area contributed by atoms with Crippen molar-refractivity contribution in [2.75, 3.05) is 6.54 Å². The van der Waals surface area contributed by atoms with E-state index in [1.54, 1.807) is 0 Å². The Morgan fingerprint density at radius 1 is 1.21 bits per heavy atom. The first-order valence-corrected chi connectivity index (χ1v) is 7.87. The molecular weight excluding hydrogens is 274 g/mol. The van der Waals surface area contributed by atoms with Gasteiger partial charge in [0, 0.05) is 14.8 Å². The third-order valence-electron chi connectivity index (χ3n) is 3.16. The molecular formula is C16H20ClNS. The summed E-state index contributed by atoms with van der Waals surface area (Å²) in [6, 6.07) is 11.0. The van der Waals surface area contributed by atoms with Crippen molar-refractivity contribution in [2.24, 2.45) is 0 Å². The van der Waals surface area contributed by atoms with Crippen LogP contribution in [0.15, 0.2) is 30.3 Å². The lowest BCUT2D eigenvalue weighted by atomic mass is 10.0. The molecule has 0 aliphatic rings. The highest BCUT2D eigenvalue weighted by molar-refractivity contribution is 7.12. The molecule has 0 saturated heterocycles. The number of hydrogen-bond acceptors (Lipinski definition) is 2. The van der Waals surface area contributed by atoms with Gasteiger partial charge in [0.05, 0.1) is 6.04 Å². The summed E-state index contributed by atoms with van der Waals surface area (Å²) in [4.78, 5) is 2.72. The van der Waals surface area contributed by atoms with Crippen LogP contribution < -0.4 is 5.32 Å². The van der Waals surface area contributed by atoms with Crippen LogP contribution in [-0.4, -0.2) is 6.54 Å². The third-order valence-corrected chi connectivity index (χ3v) is 4.65. The minimum Gasteiger partial charge on any atom is -0.306 e. The molecule has 1 nitrogen and oxygen atoms in total. The Labute approximate surface area is 124 Å². The maximum Gasteiger partial charge on any atom is 0.0671 e. The van der Waals surface area contributed by atoms with E-state index in [1.807, 2.05) is 17.4 Å². The topological polar surface area (TPSA) is 12.0 Å². The van der Waals surface area contributed by atoms with Crippen molar-refractivity contribution in [2.45, 2.75) is 33.2 Å². The number of nitrogens with one attached hydrogen (secondary N) is 1. The molecule has 2 aromatic rings. The average molecular weight is 294 g/mol. The van der Waals surface area contributed by atoms with Gasteiger partial charge in [0.25, 0.3) is 0 Å². The summed E-state index contributed by atoms with van der Waals surface area (Å²) in [5.41, 5.74) is 2.42. The first kappa shape index (κ1) is 14.6. The van der Waals surface area contributed by atoms with Crippen molar-refractivity contribution in [1.82, 2.24) is 5.32 Å². The Hall–Kier alpha value is -0.830. The van der Waals surface area contributed by atoms with Crippen molar-refractivity contribution in [3.05, 3.63) is 56.2 Å². The Bertz CT molecular complexity index is 547. The summed E-state index contributed by atoms with van der Waals surface area (Å²) in [7, 11) is 0. The molecule has 0 aliphatic carbocycles. The van der Waals surface area contributed by atoms with Crippen LogP contribution in [0.5, 0.6) is 0 Å². The van der Waals surface area contributed by atoms with E-state index in [-0.39, 0.29) is 6.04 Å². The fourth-order valence-corrected chi connectivity index (χ4v) is 3.23. The van der Waals surface area contributed by atoms with Gasteiger partial charge in [0.2, 0.25) is 0 Å². The molecule has 0 bridgehead atoms. The number of benzene rings is 1. The van der Waals surface area contributed by atoms with Crippen LogP contribution >= 0.6 is 22.9 Å². The third kappa shape index (κ3) is 3.59. The van der Waals surface area contributed by atoms with E-state index in [0.717, 1.165) is 23.6 Å². The van der Waals surface area contributed by atoms with Crippen molar-refractivity contribution in [3.63, 3.8) is 0 Å². The van der Waals surface area contributed by atoms with Crippen LogP contribution in [0.2, 0.25) is 5.02 Å². The maximum absolute atomic E-state index is 6.12. The fraction of sp³-hybridized carbons (Fsp3) is 0.375. The second-order valence-electron chi connectivity index (χ2n) is 4.84. The molecule has 0 aliphatic heterocycles. The predicted molar refractivity (Wildman–Crippen MR) is 85.4 cm³/mol. The number of hydrogen-bond donors (Lipinski definition) is 1. The summed E-state index contributed by atoms with van der Waals surface area (Å²) in [6.07, 6.45) is 1.13. The number of thiophene rings is 1. The van der Waals surface area contributed by atoms with E-state index in [9.17, 15) is 0 Å². The second kappa shape index (κ2) is 6.56. The molecule has 1 aromatic carbocycles. The van der Waals surface area contributed by atoms with Gasteiger partial charge in [0.15, 0.2) is 0 Å². The molecule has 0 amide bonds. The normalized spacial score (nSPS) is 12.6. The standard InChI is InChI=1S/C16H20ClNS/c1-4-9-18-16(15-8-5-12(3)19-15)13-6-7-14(17)11(2)10-13/h5-8,10,16,18H,4,9H2,1-3H3. The van der Waals surface area contributed by atoms with Crippen molar-refractivity contribution < 1.29 is 0 Å². The first-order valence-electron chi connectivity index (χ1n) is 6.67.